The third-order valence-electron chi connectivity index (χ3n) is 4.43. The van der Waals surface area contributed by atoms with Crippen molar-refractivity contribution in [3.8, 4) is 0 Å². The van der Waals surface area contributed by atoms with Crippen LogP contribution in [-0.2, 0) is 18.3 Å². The Bertz CT molecular complexity index is 743. The summed E-state index contributed by atoms with van der Waals surface area (Å²) < 4.78 is 1.95. The number of hydrogen-bond donors (Lipinski definition) is 0. The number of piperazine rings is 1. The molecule has 24 heavy (non-hydrogen) atoms. The van der Waals surface area contributed by atoms with Gasteiger partial charge in [-0.2, -0.15) is 0 Å². The summed E-state index contributed by atoms with van der Waals surface area (Å²) in [4.78, 5) is 28.6. The Labute approximate surface area is 142 Å². The lowest BCUT2D eigenvalue weighted by atomic mass is 10.1. The van der Waals surface area contributed by atoms with Crippen molar-refractivity contribution in [2.24, 2.45) is 7.05 Å². The van der Waals surface area contributed by atoms with E-state index in [-0.39, 0.29) is 11.8 Å². The molecule has 1 saturated heterocycles. The smallest absolute Gasteiger partial charge is 0.253 e. The topological polar surface area (TPSA) is 45.6 Å². The van der Waals surface area contributed by atoms with Gasteiger partial charge in [0.1, 0.15) is 0 Å². The molecule has 3 rings (SSSR count). The minimum atomic E-state index is 0.0499. The highest BCUT2D eigenvalue weighted by Crippen LogP contribution is 2.12. The first-order valence-corrected chi connectivity index (χ1v) is 8.27. The minimum Gasteiger partial charge on any atom is -0.357 e. The maximum absolute atomic E-state index is 12.5. The predicted octanol–water partition coefficient (Wildman–Crippen LogP) is 1.86. The Morgan fingerprint density at radius 1 is 1.04 bits per heavy atom. The molecule has 0 aliphatic carbocycles. The van der Waals surface area contributed by atoms with E-state index in [1.807, 2.05) is 71.1 Å². The van der Waals surface area contributed by atoms with Gasteiger partial charge in [-0.1, -0.05) is 17.7 Å². The molecule has 1 aliphatic heterocycles. The summed E-state index contributed by atoms with van der Waals surface area (Å²) in [6, 6.07) is 9.62. The minimum absolute atomic E-state index is 0.0499. The number of rotatable bonds is 3. The van der Waals surface area contributed by atoms with E-state index in [1.54, 1.807) is 0 Å². The number of carbonyl (C=O) groups is 2. The van der Waals surface area contributed by atoms with Gasteiger partial charge in [0.05, 0.1) is 6.42 Å². The van der Waals surface area contributed by atoms with Gasteiger partial charge >= 0.3 is 0 Å². The molecular weight excluding hydrogens is 302 g/mol. The molecular formula is C19H23N3O2. The lowest BCUT2D eigenvalue weighted by molar-refractivity contribution is -0.131. The van der Waals surface area contributed by atoms with E-state index in [9.17, 15) is 9.59 Å². The highest BCUT2D eigenvalue weighted by atomic mass is 16.2. The van der Waals surface area contributed by atoms with Crippen LogP contribution < -0.4 is 0 Å². The van der Waals surface area contributed by atoms with Gasteiger partial charge in [0, 0.05) is 51.2 Å². The number of amides is 2. The zero-order chi connectivity index (χ0) is 17.1. The first-order chi connectivity index (χ1) is 11.5. The molecule has 0 atom stereocenters. The average molecular weight is 325 g/mol. The summed E-state index contributed by atoms with van der Waals surface area (Å²) in [7, 11) is 1.95. The lowest BCUT2D eigenvalue weighted by Crippen LogP contribution is -2.51. The molecule has 2 amide bonds. The van der Waals surface area contributed by atoms with Crippen LogP contribution in [0.3, 0.4) is 0 Å². The number of aromatic nitrogens is 1. The second kappa shape index (κ2) is 6.91. The van der Waals surface area contributed by atoms with Gasteiger partial charge < -0.3 is 14.4 Å². The Morgan fingerprint density at radius 2 is 1.75 bits per heavy atom. The number of aryl methyl sites for hydroxylation is 2. The van der Waals surface area contributed by atoms with Gasteiger partial charge in [-0.05, 0) is 30.7 Å². The van der Waals surface area contributed by atoms with E-state index in [0.717, 1.165) is 16.7 Å². The van der Waals surface area contributed by atoms with Crippen molar-refractivity contribution in [1.82, 2.24) is 14.4 Å². The fraction of sp³-hybridized carbons (Fsp3) is 0.368. The largest absolute Gasteiger partial charge is 0.357 e. The van der Waals surface area contributed by atoms with Crippen LogP contribution in [-0.4, -0.2) is 52.4 Å². The molecule has 1 aromatic heterocycles. The van der Waals surface area contributed by atoms with E-state index in [2.05, 4.69) is 0 Å². The molecule has 0 saturated carbocycles. The number of hydrogen-bond acceptors (Lipinski definition) is 2. The fourth-order valence-corrected chi connectivity index (χ4v) is 3.07. The van der Waals surface area contributed by atoms with Gasteiger partial charge in [-0.15, -0.1) is 0 Å². The molecule has 126 valence electrons. The molecule has 1 aromatic carbocycles. The Kier molecular flexibility index (Phi) is 4.69. The maximum atomic E-state index is 12.5. The molecule has 0 spiro atoms. The van der Waals surface area contributed by atoms with Gasteiger partial charge in [0.15, 0.2) is 0 Å². The number of nitrogens with zero attached hydrogens (tertiary/aromatic N) is 3. The van der Waals surface area contributed by atoms with Crippen LogP contribution in [0.15, 0.2) is 42.7 Å². The van der Waals surface area contributed by atoms with Gasteiger partial charge in [-0.3, -0.25) is 9.59 Å². The second-order valence-electron chi connectivity index (χ2n) is 6.40. The van der Waals surface area contributed by atoms with Crippen LogP contribution in [0.1, 0.15) is 21.5 Å². The van der Waals surface area contributed by atoms with Crippen LogP contribution in [0.25, 0.3) is 0 Å². The van der Waals surface area contributed by atoms with Crippen molar-refractivity contribution in [2.45, 2.75) is 13.3 Å². The van der Waals surface area contributed by atoms with Crippen molar-refractivity contribution in [2.75, 3.05) is 26.2 Å². The Hall–Kier alpha value is -2.56. The first kappa shape index (κ1) is 16.3. The zero-order valence-electron chi connectivity index (χ0n) is 14.2. The van der Waals surface area contributed by atoms with Gasteiger partial charge in [0.2, 0.25) is 5.91 Å². The molecule has 0 radical (unpaired) electrons. The maximum Gasteiger partial charge on any atom is 0.253 e. The second-order valence-corrected chi connectivity index (χ2v) is 6.40. The van der Waals surface area contributed by atoms with Crippen LogP contribution in [0.2, 0.25) is 0 Å². The van der Waals surface area contributed by atoms with Crippen LogP contribution >= 0.6 is 0 Å². The van der Waals surface area contributed by atoms with E-state index in [0.29, 0.717) is 32.6 Å². The van der Waals surface area contributed by atoms with E-state index < -0.39 is 0 Å². The van der Waals surface area contributed by atoms with Crippen LogP contribution in [0.4, 0.5) is 0 Å². The van der Waals surface area contributed by atoms with E-state index in [4.69, 9.17) is 0 Å². The highest BCUT2D eigenvalue weighted by molar-refractivity contribution is 5.94. The van der Waals surface area contributed by atoms with Crippen LogP contribution in [0.5, 0.6) is 0 Å². The third kappa shape index (κ3) is 3.67. The third-order valence-corrected chi connectivity index (χ3v) is 4.43. The standard InChI is InChI=1S/C19H23N3O2/c1-15-4-3-5-17(12-15)19(24)22-10-8-21(9-11-22)18(23)13-16-6-7-20(2)14-16/h3-7,12,14H,8-11,13H2,1-2H3. The highest BCUT2D eigenvalue weighted by Gasteiger charge is 2.24. The molecule has 2 heterocycles. The molecule has 5 nitrogen and oxygen atoms in total. The predicted molar refractivity (Wildman–Crippen MR) is 92.8 cm³/mol. The lowest BCUT2D eigenvalue weighted by Gasteiger charge is -2.35. The Balaban J connectivity index is 1.55. The summed E-state index contributed by atoms with van der Waals surface area (Å²) in [5, 5.41) is 0. The summed E-state index contributed by atoms with van der Waals surface area (Å²) in [5.74, 6) is 0.178. The SMILES string of the molecule is Cc1cccc(C(=O)N2CCN(C(=O)Cc3ccn(C)c3)CC2)c1. The summed E-state index contributed by atoms with van der Waals surface area (Å²) in [6.07, 6.45) is 4.34. The van der Waals surface area contributed by atoms with E-state index >= 15 is 0 Å². The molecule has 1 aliphatic rings. The first-order valence-electron chi connectivity index (χ1n) is 8.27. The van der Waals surface area contributed by atoms with Crippen molar-refractivity contribution in [1.29, 1.82) is 0 Å². The van der Waals surface area contributed by atoms with Crippen molar-refractivity contribution < 1.29 is 9.59 Å². The van der Waals surface area contributed by atoms with E-state index in [1.165, 1.54) is 0 Å². The average Bonchev–Trinajstić information content (AvgIpc) is 2.99. The zero-order valence-corrected chi connectivity index (χ0v) is 14.2. The molecule has 2 aromatic rings. The van der Waals surface area contributed by atoms with Crippen molar-refractivity contribution >= 4 is 11.8 Å². The fourth-order valence-electron chi connectivity index (χ4n) is 3.07. The van der Waals surface area contributed by atoms with Gasteiger partial charge in [0.25, 0.3) is 5.91 Å². The molecule has 0 unspecified atom stereocenters. The molecule has 5 heteroatoms. The molecule has 0 bridgehead atoms. The quantitative estimate of drug-likeness (QED) is 0.865. The summed E-state index contributed by atoms with van der Waals surface area (Å²) in [6.45, 7) is 4.37. The summed E-state index contributed by atoms with van der Waals surface area (Å²) >= 11 is 0. The molecule has 1 fully saturated rings. The normalized spacial score (nSPS) is 14.8. The Morgan fingerprint density at radius 3 is 2.38 bits per heavy atom. The summed E-state index contributed by atoms with van der Waals surface area (Å²) in [5.41, 5.74) is 2.83. The van der Waals surface area contributed by atoms with Crippen molar-refractivity contribution in [3.05, 3.63) is 59.4 Å². The van der Waals surface area contributed by atoms with Crippen molar-refractivity contribution in [3.63, 3.8) is 0 Å². The molecule has 0 N–H and O–H groups in total. The van der Waals surface area contributed by atoms with Crippen LogP contribution in [0, 0.1) is 6.92 Å². The monoisotopic (exact) mass is 325 g/mol. The van der Waals surface area contributed by atoms with Gasteiger partial charge in [-0.25, -0.2) is 0 Å². The number of benzene rings is 1. The number of carbonyl (C=O) groups excluding carboxylic acids is 2.